The lowest BCUT2D eigenvalue weighted by atomic mass is 10.2. The maximum atomic E-state index is 12.3. The highest BCUT2D eigenvalue weighted by molar-refractivity contribution is 6.04. The summed E-state index contributed by atoms with van der Waals surface area (Å²) in [7, 11) is 0. The quantitative estimate of drug-likeness (QED) is 0.656. The predicted octanol–water partition coefficient (Wildman–Crippen LogP) is 3.24. The van der Waals surface area contributed by atoms with Gasteiger partial charge in [0, 0.05) is 17.8 Å². The highest BCUT2D eigenvalue weighted by Crippen LogP contribution is 2.17. The molecule has 3 rings (SSSR count). The number of hydrogen-bond donors (Lipinski definition) is 3. The minimum Gasteiger partial charge on any atom is -0.463 e. The SMILES string of the molecule is CCC(=O)Nc1ccc(NC(=O)c2ccc(-c3ccco3)[nH]c2=O)cc1. The first-order valence-corrected chi connectivity index (χ1v) is 8.05. The van der Waals surface area contributed by atoms with E-state index in [1.807, 2.05) is 0 Å². The second-order valence-corrected chi connectivity index (χ2v) is 5.53. The summed E-state index contributed by atoms with van der Waals surface area (Å²) < 4.78 is 5.22. The first kappa shape index (κ1) is 17.2. The zero-order valence-electron chi connectivity index (χ0n) is 14.0. The number of rotatable bonds is 5. The van der Waals surface area contributed by atoms with Gasteiger partial charge in [0.1, 0.15) is 11.3 Å². The van der Waals surface area contributed by atoms with Crippen LogP contribution < -0.4 is 16.2 Å². The molecule has 0 saturated heterocycles. The molecule has 0 fully saturated rings. The van der Waals surface area contributed by atoms with Crippen molar-refractivity contribution in [2.75, 3.05) is 10.6 Å². The number of H-pyrrole nitrogens is 1. The molecule has 3 N–H and O–H groups in total. The molecule has 2 aromatic heterocycles. The van der Waals surface area contributed by atoms with E-state index in [1.54, 1.807) is 49.4 Å². The van der Waals surface area contributed by atoms with Crippen LogP contribution in [0.3, 0.4) is 0 Å². The highest BCUT2D eigenvalue weighted by atomic mass is 16.3. The second kappa shape index (κ2) is 7.52. The summed E-state index contributed by atoms with van der Waals surface area (Å²) >= 11 is 0. The van der Waals surface area contributed by atoms with Gasteiger partial charge in [-0.2, -0.15) is 0 Å². The average molecular weight is 351 g/mol. The summed E-state index contributed by atoms with van der Waals surface area (Å²) in [5.74, 6) is -0.105. The Morgan fingerprint density at radius 1 is 1.00 bits per heavy atom. The summed E-state index contributed by atoms with van der Waals surface area (Å²) in [6.07, 6.45) is 1.89. The van der Waals surface area contributed by atoms with Gasteiger partial charge < -0.3 is 20.0 Å². The molecule has 0 bridgehead atoms. The maximum Gasteiger partial charge on any atom is 0.261 e. The Labute approximate surface area is 149 Å². The van der Waals surface area contributed by atoms with Gasteiger partial charge in [-0.1, -0.05) is 6.92 Å². The predicted molar refractivity (Wildman–Crippen MR) is 98.1 cm³/mol. The molecule has 2 amide bonds. The van der Waals surface area contributed by atoms with Crippen LogP contribution in [-0.2, 0) is 4.79 Å². The maximum absolute atomic E-state index is 12.3. The van der Waals surface area contributed by atoms with Crippen LogP contribution >= 0.6 is 0 Å². The molecule has 132 valence electrons. The van der Waals surface area contributed by atoms with E-state index >= 15 is 0 Å². The smallest absolute Gasteiger partial charge is 0.261 e. The van der Waals surface area contributed by atoms with Crippen LogP contribution in [0.25, 0.3) is 11.5 Å². The highest BCUT2D eigenvalue weighted by Gasteiger charge is 2.12. The van der Waals surface area contributed by atoms with Crippen molar-refractivity contribution < 1.29 is 14.0 Å². The van der Waals surface area contributed by atoms with E-state index in [9.17, 15) is 14.4 Å². The molecule has 7 heteroatoms. The molecule has 26 heavy (non-hydrogen) atoms. The largest absolute Gasteiger partial charge is 0.463 e. The molecule has 3 aromatic rings. The molecular weight excluding hydrogens is 334 g/mol. The Morgan fingerprint density at radius 2 is 1.69 bits per heavy atom. The van der Waals surface area contributed by atoms with Crippen molar-refractivity contribution in [1.29, 1.82) is 0 Å². The third-order valence-electron chi connectivity index (χ3n) is 3.69. The number of anilines is 2. The number of furan rings is 1. The molecule has 0 aliphatic heterocycles. The van der Waals surface area contributed by atoms with Gasteiger partial charge in [-0.05, 0) is 48.5 Å². The number of aromatic nitrogens is 1. The summed E-state index contributed by atoms with van der Waals surface area (Å²) in [5.41, 5.74) is 1.12. The first-order chi connectivity index (χ1) is 12.6. The fourth-order valence-corrected chi connectivity index (χ4v) is 2.31. The number of carbonyl (C=O) groups excluding carboxylic acids is 2. The molecule has 0 saturated carbocycles. The third-order valence-corrected chi connectivity index (χ3v) is 3.69. The average Bonchev–Trinajstić information content (AvgIpc) is 3.17. The molecule has 0 spiro atoms. The van der Waals surface area contributed by atoms with Crippen LogP contribution in [0.2, 0.25) is 0 Å². The summed E-state index contributed by atoms with van der Waals surface area (Å²) in [6, 6.07) is 13.1. The Balaban J connectivity index is 1.72. The van der Waals surface area contributed by atoms with E-state index in [0.717, 1.165) is 0 Å². The second-order valence-electron chi connectivity index (χ2n) is 5.53. The molecular formula is C19H17N3O4. The van der Waals surface area contributed by atoms with Crippen LogP contribution in [-0.4, -0.2) is 16.8 Å². The van der Waals surface area contributed by atoms with Crippen molar-refractivity contribution in [3.05, 3.63) is 70.7 Å². The van der Waals surface area contributed by atoms with Gasteiger partial charge in [-0.3, -0.25) is 14.4 Å². The van der Waals surface area contributed by atoms with Crippen LogP contribution in [0.15, 0.2) is 64.0 Å². The Hall–Kier alpha value is -3.61. The zero-order valence-corrected chi connectivity index (χ0v) is 14.0. The Bertz CT molecular complexity index is 973. The van der Waals surface area contributed by atoms with Gasteiger partial charge >= 0.3 is 0 Å². The summed E-state index contributed by atoms with van der Waals surface area (Å²) in [5, 5.41) is 5.37. The normalized spacial score (nSPS) is 10.3. The molecule has 0 aliphatic rings. The monoisotopic (exact) mass is 351 g/mol. The van der Waals surface area contributed by atoms with E-state index in [-0.39, 0.29) is 11.5 Å². The molecule has 0 atom stereocenters. The standard InChI is InChI=1S/C19H17N3O4/c1-2-17(23)20-12-5-7-13(8-6-12)21-18(24)14-9-10-15(22-19(14)25)16-4-3-11-26-16/h3-11H,2H2,1H3,(H,20,23)(H,21,24)(H,22,25). The van der Waals surface area contributed by atoms with E-state index in [2.05, 4.69) is 15.6 Å². The van der Waals surface area contributed by atoms with Crippen LogP contribution in [0, 0.1) is 0 Å². The van der Waals surface area contributed by atoms with Gasteiger partial charge in [-0.25, -0.2) is 0 Å². The van der Waals surface area contributed by atoms with Crippen LogP contribution in [0.5, 0.6) is 0 Å². The fourth-order valence-electron chi connectivity index (χ4n) is 2.31. The minimum absolute atomic E-state index is 0.0105. The van der Waals surface area contributed by atoms with Crippen LogP contribution in [0.4, 0.5) is 11.4 Å². The molecule has 0 radical (unpaired) electrons. The lowest BCUT2D eigenvalue weighted by Gasteiger charge is -2.07. The summed E-state index contributed by atoms with van der Waals surface area (Å²) in [6.45, 7) is 1.76. The number of aromatic amines is 1. The molecule has 2 heterocycles. The number of nitrogens with one attached hydrogen (secondary N) is 3. The van der Waals surface area contributed by atoms with E-state index < -0.39 is 11.5 Å². The molecule has 0 aliphatic carbocycles. The molecule has 7 nitrogen and oxygen atoms in total. The van der Waals surface area contributed by atoms with Crippen molar-refractivity contribution in [2.24, 2.45) is 0 Å². The lowest BCUT2D eigenvalue weighted by molar-refractivity contribution is -0.115. The number of pyridine rings is 1. The number of amides is 2. The van der Waals surface area contributed by atoms with Crippen LogP contribution in [0.1, 0.15) is 23.7 Å². The van der Waals surface area contributed by atoms with E-state index in [1.165, 1.54) is 12.3 Å². The number of hydrogen-bond acceptors (Lipinski definition) is 4. The topological polar surface area (TPSA) is 104 Å². The van der Waals surface area contributed by atoms with Crippen molar-refractivity contribution in [3.8, 4) is 11.5 Å². The van der Waals surface area contributed by atoms with E-state index in [4.69, 9.17) is 4.42 Å². The Morgan fingerprint density at radius 3 is 2.27 bits per heavy atom. The van der Waals surface area contributed by atoms with E-state index in [0.29, 0.717) is 29.2 Å². The fraction of sp³-hybridized carbons (Fsp3) is 0.105. The van der Waals surface area contributed by atoms with Gasteiger partial charge in [-0.15, -0.1) is 0 Å². The third kappa shape index (κ3) is 3.89. The van der Waals surface area contributed by atoms with Gasteiger partial charge in [0.25, 0.3) is 11.5 Å². The number of carbonyl (C=O) groups is 2. The number of benzene rings is 1. The van der Waals surface area contributed by atoms with Crippen molar-refractivity contribution in [2.45, 2.75) is 13.3 Å². The molecule has 1 aromatic carbocycles. The van der Waals surface area contributed by atoms with Gasteiger partial charge in [0.2, 0.25) is 5.91 Å². The Kier molecular flexibility index (Phi) is 4.98. The molecule has 0 unspecified atom stereocenters. The van der Waals surface area contributed by atoms with Crippen molar-refractivity contribution >= 4 is 23.2 Å². The van der Waals surface area contributed by atoms with Gasteiger partial charge in [0.15, 0.2) is 0 Å². The van der Waals surface area contributed by atoms with Crippen molar-refractivity contribution in [3.63, 3.8) is 0 Å². The summed E-state index contributed by atoms with van der Waals surface area (Å²) in [4.78, 5) is 38.5. The lowest BCUT2D eigenvalue weighted by Crippen LogP contribution is -2.23. The zero-order chi connectivity index (χ0) is 18.5. The minimum atomic E-state index is -0.525. The first-order valence-electron chi connectivity index (χ1n) is 8.05. The van der Waals surface area contributed by atoms with Gasteiger partial charge in [0.05, 0.1) is 12.0 Å². The van der Waals surface area contributed by atoms with Crippen molar-refractivity contribution in [1.82, 2.24) is 4.98 Å².